The summed E-state index contributed by atoms with van der Waals surface area (Å²) in [5, 5.41) is 12.7. The van der Waals surface area contributed by atoms with E-state index in [1.807, 2.05) is 6.92 Å². The van der Waals surface area contributed by atoms with Crippen molar-refractivity contribution in [3.8, 4) is 0 Å². The minimum absolute atomic E-state index is 0.117. The number of hydrogen-bond acceptors (Lipinski definition) is 5. The summed E-state index contributed by atoms with van der Waals surface area (Å²) < 4.78 is 4.87. The fourth-order valence-corrected chi connectivity index (χ4v) is 3.30. The van der Waals surface area contributed by atoms with Gasteiger partial charge in [-0.2, -0.15) is 0 Å². The quantitative estimate of drug-likeness (QED) is 0.793. The summed E-state index contributed by atoms with van der Waals surface area (Å²) in [6.07, 6.45) is 5.45. The van der Waals surface area contributed by atoms with Crippen molar-refractivity contribution < 1.29 is 14.3 Å². The maximum atomic E-state index is 12.5. The van der Waals surface area contributed by atoms with Gasteiger partial charge in [-0.25, -0.2) is 9.78 Å². The number of H-pyrrole nitrogens is 1. The first-order chi connectivity index (χ1) is 11.0. The molecule has 1 amide bonds. The number of nitrogens with zero attached hydrogens (tertiary/aromatic N) is 1. The molecule has 2 aromatic rings. The van der Waals surface area contributed by atoms with E-state index in [1.165, 1.54) is 18.6 Å². The molecular weight excluding hydrogens is 298 g/mol. The Hall–Kier alpha value is -2.15. The van der Waals surface area contributed by atoms with E-state index in [0.29, 0.717) is 5.58 Å². The molecule has 0 aliphatic heterocycles. The predicted octanol–water partition coefficient (Wildman–Crippen LogP) is 1.58. The molecule has 1 saturated carbocycles. The highest BCUT2D eigenvalue weighted by Gasteiger charge is 2.36. The topological polar surface area (TPSA) is 108 Å². The summed E-state index contributed by atoms with van der Waals surface area (Å²) in [6.45, 7) is 1.76. The van der Waals surface area contributed by atoms with Crippen molar-refractivity contribution in [3.63, 3.8) is 0 Å². The van der Waals surface area contributed by atoms with Crippen LogP contribution in [0.4, 0.5) is 0 Å². The van der Waals surface area contributed by atoms with Crippen LogP contribution in [0.2, 0.25) is 0 Å². The smallest absolute Gasteiger partial charge is 0.406 e. The van der Waals surface area contributed by atoms with Crippen LogP contribution in [0.3, 0.4) is 0 Å². The van der Waals surface area contributed by atoms with Gasteiger partial charge in [0.25, 0.3) is 5.91 Å². The highest BCUT2D eigenvalue weighted by molar-refractivity contribution is 5.94. The average Bonchev–Trinajstić information content (AvgIpc) is 2.94. The summed E-state index contributed by atoms with van der Waals surface area (Å²) in [7, 11) is 0. The Bertz CT molecular complexity index is 760. The van der Waals surface area contributed by atoms with Gasteiger partial charge in [-0.15, -0.1) is 0 Å². The van der Waals surface area contributed by atoms with Gasteiger partial charge in [-0.1, -0.05) is 19.3 Å². The first-order valence-electron chi connectivity index (χ1n) is 7.95. The molecule has 124 valence electrons. The Balaban J connectivity index is 1.81. The van der Waals surface area contributed by atoms with Crippen LogP contribution in [0.15, 0.2) is 21.3 Å². The molecule has 1 aliphatic carbocycles. The number of aliphatic hydroxyl groups excluding tert-OH is 1. The van der Waals surface area contributed by atoms with Crippen LogP contribution in [-0.4, -0.2) is 33.1 Å². The Morgan fingerprint density at radius 3 is 2.87 bits per heavy atom. The number of amides is 1. The van der Waals surface area contributed by atoms with Crippen molar-refractivity contribution >= 4 is 17.1 Å². The first kappa shape index (κ1) is 15.7. The fourth-order valence-electron chi connectivity index (χ4n) is 3.30. The number of nitrogens with one attached hydrogen (secondary N) is 2. The molecule has 1 atom stereocenters. The minimum Gasteiger partial charge on any atom is -0.406 e. The van der Waals surface area contributed by atoms with Crippen LogP contribution in [-0.2, 0) is 0 Å². The zero-order valence-electron chi connectivity index (χ0n) is 13.1. The molecule has 0 aromatic carbocycles. The van der Waals surface area contributed by atoms with Gasteiger partial charge >= 0.3 is 5.76 Å². The number of oxazole rings is 1. The molecule has 0 radical (unpaired) electrons. The summed E-state index contributed by atoms with van der Waals surface area (Å²) in [6, 6.07) is 3.04. The number of aromatic nitrogens is 2. The van der Waals surface area contributed by atoms with Crippen molar-refractivity contribution in [1.29, 1.82) is 0 Å². The van der Waals surface area contributed by atoms with Crippen molar-refractivity contribution in [3.05, 3.63) is 28.4 Å². The molecule has 7 heteroatoms. The summed E-state index contributed by atoms with van der Waals surface area (Å²) in [5.41, 5.74) is 0.0672. The highest BCUT2D eigenvalue weighted by Crippen LogP contribution is 2.32. The number of carbonyl (C=O) groups excluding carboxylic acids is 1. The largest absolute Gasteiger partial charge is 0.418 e. The molecule has 7 nitrogen and oxygen atoms in total. The Morgan fingerprint density at radius 2 is 2.17 bits per heavy atom. The van der Waals surface area contributed by atoms with E-state index in [2.05, 4.69) is 15.3 Å². The number of aliphatic hydroxyl groups is 1. The lowest BCUT2D eigenvalue weighted by atomic mass is 9.76. The number of pyridine rings is 1. The number of hydrogen-bond donors (Lipinski definition) is 3. The normalized spacial score (nSPS) is 18.7. The molecule has 0 spiro atoms. The molecular formula is C16H21N3O4. The van der Waals surface area contributed by atoms with Crippen LogP contribution in [0.5, 0.6) is 0 Å². The Kier molecular flexibility index (Phi) is 4.21. The lowest BCUT2D eigenvalue weighted by molar-refractivity contribution is 0.0676. The molecule has 23 heavy (non-hydrogen) atoms. The molecule has 0 bridgehead atoms. The Labute approximate surface area is 133 Å². The Morgan fingerprint density at radius 1 is 1.43 bits per heavy atom. The number of aromatic amines is 1. The predicted molar refractivity (Wildman–Crippen MR) is 84.2 cm³/mol. The molecule has 2 heterocycles. The maximum absolute atomic E-state index is 12.5. The van der Waals surface area contributed by atoms with Gasteiger partial charge in [0.2, 0.25) is 0 Å². The number of rotatable bonds is 4. The minimum atomic E-state index is -0.669. The summed E-state index contributed by atoms with van der Waals surface area (Å²) in [4.78, 5) is 30.2. The third kappa shape index (κ3) is 3.14. The number of carbonyl (C=O) groups is 1. The second-order valence-electron chi connectivity index (χ2n) is 6.42. The molecule has 1 fully saturated rings. The van der Waals surface area contributed by atoms with Crippen LogP contribution in [0.1, 0.15) is 49.5 Å². The zero-order chi connectivity index (χ0) is 16.4. The molecule has 1 aliphatic rings. The second kappa shape index (κ2) is 6.16. The van der Waals surface area contributed by atoms with E-state index in [9.17, 15) is 14.7 Å². The van der Waals surface area contributed by atoms with E-state index in [0.717, 1.165) is 25.7 Å². The van der Waals surface area contributed by atoms with Crippen molar-refractivity contribution in [2.75, 3.05) is 6.61 Å². The van der Waals surface area contributed by atoms with Crippen LogP contribution in [0, 0.1) is 5.92 Å². The fraction of sp³-hybridized carbons (Fsp3) is 0.562. The van der Waals surface area contributed by atoms with Gasteiger partial charge in [0.1, 0.15) is 5.69 Å². The van der Waals surface area contributed by atoms with Gasteiger partial charge in [0, 0.05) is 0 Å². The molecule has 2 aromatic heterocycles. The van der Waals surface area contributed by atoms with Crippen LogP contribution >= 0.6 is 0 Å². The number of fused-ring (bicyclic) bond motifs is 1. The van der Waals surface area contributed by atoms with Gasteiger partial charge in [-0.05, 0) is 37.8 Å². The van der Waals surface area contributed by atoms with E-state index < -0.39 is 11.3 Å². The molecule has 3 rings (SSSR count). The van der Waals surface area contributed by atoms with Gasteiger partial charge in [-0.3, -0.25) is 9.78 Å². The lowest BCUT2D eigenvalue weighted by Gasteiger charge is -2.39. The van der Waals surface area contributed by atoms with Crippen LogP contribution < -0.4 is 11.1 Å². The summed E-state index contributed by atoms with van der Waals surface area (Å²) in [5.74, 6) is -0.716. The second-order valence-corrected chi connectivity index (χ2v) is 6.42. The van der Waals surface area contributed by atoms with Crippen LogP contribution in [0.25, 0.3) is 11.2 Å². The van der Waals surface area contributed by atoms with Crippen molar-refractivity contribution in [2.24, 2.45) is 5.92 Å². The van der Waals surface area contributed by atoms with E-state index in [1.54, 1.807) is 0 Å². The van der Waals surface area contributed by atoms with Gasteiger partial charge in [0.15, 0.2) is 11.2 Å². The zero-order valence-corrected chi connectivity index (χ0v) is 13.1. The first-order valence-corrected chi connectivity index (χ1v) is 7.95. The SMILES string of the molecule is CC(CO)(NC(=O)c1ccc2oc(=O)[nH]c2n1)C1CCCCC1. The third-order valence-corrected chi connectivity index (χ3v) is 4.75. The van der Waals surface area contributed by atoms with Gasteiger partial charge < -0.3 is 14.8 Å². The van der Waals surface area contributed by atoms with Crippen molar-refractivity contribution in [2.45, 2.75) is 44.6 Å². The highest BCUT2D eigenvalue weighted by atomic mass is 16.4. The van der Waals surface area contributed by atoms with E-state index in [-0.39, 0.29) is 29.8 Å². The van der Waals surface area contributed by atoms with E-state index >= 15 is 0 Å². The third-order valence-electron chi connectivity index (χ3n) is 4.75. The van der Waals surface area contributed by atoms with Gasteiger partial charge in [0.05, 0.1) is 12.1 Å². The molecule has 0 saturated heterocycles. The monoisotopic (exact) mass is 319 g/mol. The van der Waals surface area contributed by atoms with Crippen molar-refractivity contribution in [1.82, 2.24) is 15.3 Å². The molecule has 3 N–H and O–H groups in total. The summed E-state index contributed by atoms with van der Waals surface area (Å²) >= 11 is 0. The standard InChI is InChI=1S/C16H21N3O4/c1-16(9-20,10-5-3-2-4-6-10)19-14(21)11-7-8-12-13(17-11)18-15(22)23-12/h7-8,10,20H,2-6,9H2,1H3,(H,19,21)(H,17,18,22). The average molecular weight is 319 g/mol. The maximum Gasteiger partial charge on any atom is 0.418 e. The molecule has 1 unspecified atom stereocenters. The van der Waals surface area contributed by atoms with E-state index in [4.69, 9.17) is 4.42 Å². The lowest BCUT2D eigenvalue weighted by Crippen LogP contribution is -2.54.